The standard InChI is InChI=1S/C11H13ClN2O/c1-7-8(2)13-4-3-10(7)14-6-9(12)5-11(14)15/h3-4,9H,5-6H2,1-2H3. The number of rotatable bonds is 1. The normalized spacial score (nSPS) is 21.1. The lowest BCUT2D eigenvalue weighted by Crippen LogP contribution is -2.25. The summed E-state index contributed by atoms with van der Waals surface area (Å²) in [5.41, 5.74) is 2.95. The highest BCUT2D eigenvalue weighted by Crippen LogP contribution is 2.27. The van der Waals surface area contributed by atoms with Gasteiger partial charge in [-0.05, 0) is 25.5 Å². The van der Waals surface area contributed by atoms with Gasteiger partial charge in [0.05, 0.1) is 5.38 Å². The molecule has 3 nitrogen and oxygen atoms in total. The Bertz CT molecular complexity index is 406. The van der Waals surface area contributed by atoms with Crippen molar-refractivity contribution in [3.05, 3.63) is 23.5 Å². The monoisotopic (exact) mass is 224 g/mol. The minimum atomic E-state index is -0.0645. The van der Waals surface area contributed by atoms with Crippen LogP contribution >= 0.6 is 11.6 Å². The zero-order valence-corrected chi connectivity index (χ0v) is 9.58. The fourth-order valence-corrected chi connectivity index (χ4v) is 2.09. The second-order valence-corrected chi connectivity index (χ2v) is 4.46. The number of amides is 1. The molecule has 0 aromatic carbocycles. The van der Waals surface area contributed by atoms with Gasteiger partial charge in [-0.1, -0.05) is 0 Å². The minimum Gasteiger partial charge on any atom is -0.310 e. The van der Waals surface area contributed by atoms with E-state index in [4.69, 9.17) is 11.6 Å². The molecule has 0 aliphatic carbocycles. The van der Waals surface area contributed by atoms with Gasteiger partial charge >= 0.3 is 0 Å². The molecule has 4 heteroatoms. The summed E-state index contributed by atoms with van der Waals surface area (Å²) in [5, 5.41) is -0.0645. The molecule has 2 rings (SSSR count). The second-order valence-electron chi connectivity index (χ2n) is 3.85. The van der Waals surface area contributed by atoms with E-state index in [1.54, 1.807) is 11.1 Å². The van der Waals surface area contributed by atoms with Crippen molar-refractivity contribution in [3.8, 4) is 0 Å². The molecule has 1 unspecified atom stereocenters. The number of anilines is 1. The number of nitrogens with zero attached hydrogens (tertiary/aromatic N) is 2. The third kappa shape index (κ3) is 1.84. The highest BCUT2D eigenvalue weighted by molar-refractivity contribution is 6.24. The number of aryl methyl sites for hydroxylation is 1. The lowest BCUT2D eigenvalue weighted by Gasteiger charge is -2.18. The molecule has 2 heterocycles. The van der Waals surface area contributed by atoms with Crippen molar-refractivity contribution in [1.82, 2.24) is 4.98 Å². The van der Waals surface area contributed by atoms with E-state index < -0.39 is 0 Å². The number of halogens is 1. The Morgan fingerprint density at radius 2 is 2.27 bits per heavy atom. The fraction of sp³-hybridized carbons (Fsp3) is 0.455. The predicted molar refractivity (Wildman–Crippen MR) is 60.3 cm³/mol. The first-order chi connectivity index (χ1) is 7.09. The van der Waals surface area contributed by atoms with E-state index in [1.165, 1.54) is 0 Å². The highest BCUT2D eigenvalue weighted by Gasteiger charge is 2.30. The molecule has 0 bridgehead atoms. The van der Waals surface area contributed by atoms with Crippen LogP contribution in [0.3, 0.4) is 0 Å². The summed E-state index contributed by atoms with van der Waals surface area (Å²) in [7, 11) is 0. The third-order valence-corrected chi connectivity index (χ3v) is 3.09. The zero-order valence-electron chi connectivity index (χ0n) is 8.83. The number of aromatic nitrogens is 1. The summed E-state index contributed by atoms with van der Waals surface area (Å²) in [6, 6.07) is 1.87. The van der Waals surface area contributed by atoms with Crippen LogP contribution in [-0.2, 0) is 4.79 Å². The molecule has 1 fully saturated rings. The van der Waals surface area contributed by atoms with Gasteiger partial charge in [0.15, 0.2) is 0 Å². The van der Waals surface area contributed by atoms with E-state index in [0.717, 1.165) is 16.9 Å². The first-order valence-corrected chi connectivity index (χ1v) is 5.40. The van der Waals surface area contributed by atoms with Gasteiger partial charge < -0.3 is 4.90 Å². The Morgan fingerprint density at radius 1 is 1.53 bits per heavy atom. The Labute approximate surface area is 94.1 Å². The van der Waals surface area contributed by atoms with Gasteiger partial charge in [0.2, 0.25) is 5.91 Å². The zero-order chi connectivity index (χ0) is 11.0. The van der Waals surface area contributed by atoms with Crippen LogP contribution in [0.5, 0.6) is 0 Å². The number of hydrogen-bond donors (Lipinski definition) is 0. The Morgan fingerprint density at radius 3 is 2.87 bits per heavy atom. The number of alkyl halides is 1. The van der Waals surface area contributed by atoms with Crippen molar-refractivity contribution >= 4 is 23.2 Å². The molecule has 0 radical (unpaired) electrons. The van der Waals surface area contributed by atoms with Gasteiger partial charge in [-0.25, -0.2) is 0 Å². The Hall–Kier alpha value is -1.09. The van der Waals surface area contributed by atoms with E-state index in [9.17, 15) is 4.79 Å². The molecule has 1 aliphatic rings. The summed E-state index contributed by atoms with van der Waals surface area (Å²) >= 11 is 5.97. The maximum atomic E-state index is 11.7. The van der Waals surface area contributed by atoms with E-state index in [-0.39, 0.29) is 11.3 Å². The first-order valence-electron chi connectivity index (χ1n) is 4.96. The van der Waals surface area contributed by atoms with Crippen molar-refractivity contribution in [2.24, 2.45) is 0 Å². The van der Waals surface area contributed by atoms with Crippen LogP contribution in [0.4, 0.5) is 5.69 Å². The first kappa shape index (κ1) is 10.4. The Kier molecular flexibility index (Phi) is 2.65. The number of carbonyl (C=O) groups excluding carboxylic acids is 1. The molecule has 80 valence electrons. The Balaban J connectivity index is 2.38. The average Bonchev–Trinajstić information content (AvgIpc) is 2.50. The van der Waals surface area contributed by atoms with Crippen LogP contribution in [0.2, 0.25) is 0 Å². The topological polar surface area (TPSA) is 33.2 Å². The van der Waals surface area contributed by atoms with Gasteiger partial charge in [-0.3, -0.25) is 9.78 Å². The molecule has 15 heavy (non-hydrogen) atoms. The van der Waals surface area contributed by atoms with Gasteiger partial charge in [-0.15, -0.1) is 11.6 Å². The van der Waals surface area contributed by atoms with Crippen LogP contribution in [0.25, 0.3) is 0 Å². The van der Waals surface area contributed by atoms with Crippen molar-refractivity contribution in [2.45, 2.75) is 25.6 Å². The highest BCUT2D eigenvalue weighted by atomic mass is 35.5. The summed E-state index contributed by atoms with van der Waals surface area (Å²) in [6.45, 7) is 4.52. The molecule has 0 N–H and O–H groups in total. The molecule has 0 saturated carbocycles. The molecule has 1 aromatic heterocycles. The molecule has 1 aromatic rings. The van der Waals surface area contributed by atoms with Crippen LogP contribution < -0.4 is 4.90 Å². The molecular formula is C11H13ClN2O. The van der Waals surface area contributed by atoms with Gasteiger partial charge in [0, 0.05) is 30.5 Å². The van der Waals surface area contributed by atoms with Gasteiger partial charge in [0.1, 0.15) is 0 Å². The molecule has 1 saturated heterocycles. The molecule has 1 aliphatic heterocycles. The quantitative estimate of drug-likeness (QED) is 0.684. The van der Waals surface area contributed by atoms with E-state index in [1.807, 2.05) is 19.9 Å². The number of pyridine rings is 1. The molecular weight excluding hydrogens is 212 g/mol. The van der Waals surface area contributed by atoms with Gasteiger partial charge in [-0.2, -0.15) is 0 Å². The summed E-state index contributed by atoms with van der Waals surface area (Å²) < 4.78 is 0. The predicted octanol–water partition coefficient (Wildman–Crippen LogP) is 2.04. The van der Waals surface area contributed by atoms with Crippen LogP contribution in [0, 0.1) is 13.8 Å². The van der Waals surface area contributed by atoms with Crippen molar-refractivity contribution in [3.63, 3.8) is 0 Å². The maximum absolute atomic E-state index is 11.7. The number of hydrogen-bond acceptors (Lipinski definition) is 2. The largest absolute Gasteiger partial charge is 0.310 e. The van der Waals surface area contributed by atoms with Crippen molar-refractivity contribution < 1.29 is 4.79 Å². The van der Waals surface area contributed by atoms with Crippen LogP contribution in [-0.4, -0.2) is 22.8 Å². The SMILES string of the molecule is Cc1nccc(N2CC(Cl)CC2=O)c1C. The molecule has 1 atom stereocenters. The van der Waals surface area contributed by atoms with E-state index in [2.05, 4.69) is 4.98 Å². The molecule has 0 spiro atoms. The fourth-order valence-electron chi connectivity index (χ4n) is 1.82. The average molecular weight is 225 g/mol. The van der Waals surface area contributed by atoms with Crippen LogP contribution in [0.1, 0.15) is 17.7 Å². The van der Waals surface area contributed by atoms with Crippen molar-refractivity contribution in [2.75, 3.05) is 11.4 Å². The van der Waals surface area contributed by atoms with Crippen molar-refractivity contribution in [1.29, 1.82) is 0 Å². The smallest absolute Gasteiger partial charge is 0.228 e. The summed E-state index contributed by atoms with van der Waals surface area (Å²) in [5.74, 6) is 0.101. The number of carbonyl (C=O) groups is 1. The lowest BCUT2D eigenvalue weighted by atomic mass is 10.2. The third-order valence-electron chi connectivity index (χ3n) is 2.80. The van der Waals surface area contributed by atoms with E-state index in [0.29, 0.717) is 13.0 Å². The second kappa shape index (κ2) is 3.81. The van der Waals surface area contributed by atoms with Crippen LogP contribution in [0.15, 0.2) is 12.3 Å². The van der Waals surface area contributed by atoms with E-state index >= 15 is 0 Å². The molecule has 1 amide bonds. The maximum Gasteiger partial charge on any atom is 0.228 e. The summed E-state index contributed by atoms with van der Waals surface area (Å²) in [6.07, 6.45) is 2.16. The minimum absolute atomic E-state index is 0.0645. The lowest BCUT2D eigenvalue weighted by molar-refractivity contribution is -0.117. The van der Waals surface area contributed by atoms with Gasteiger partial charge in [0.25, 0.3) is 0 Å². The summed E-state index contributed by atoms with van der Waals surface area (Å²) in [4.78, 5) is 17.6.